The van der Waals surface area contributed by atoms with Crippen molar-refractivity contribution in [2.75, 3.05) is 11.1 Å². The van der Waals surface area contributed by atoms with Crippen LogP contribution in [0.1, 0.15) is 15.9 Å². The van der Waals surface area contributed by atoms with Gasteiger partial charge in [-0.25, -0.2) is 9.78 Å². The molecule has 4 rings (SSSR count). The SMILES string of the molecule is Nc1c(-c2ccoc2)cc(-c2cccs2)nc1NCc1ccc(C(=O)O)cc1. The molecule has 140 valence electrons. The quantitative estimate of drug-likeness (QED) is 0.429. The first-order valence-electron chi connectivity index (χ1n) is 8.55. The zero-order chi connectivity index (χ0) is 19.5. The van der Waals surface area contributed by atoms with Gasteiger partial charge in [0.1, 0.15) is 0 Å². The minimum Gasteiger partial charge on any atom is -0.478 e. The molecule has 0 unspecified atom stereocenters. The third-order valence-corrected chi connectivity index (χ3v) is 5.22. The first kappa shape index (κ1) is 17.8. The van der Waals surface area contributed by atoms with Crippen LogP contribution in [0.4, 0.5) is 11.5 Å². The van der Waals surface area contributed by atoms with Gasteiger partial charge < -0.3 is 20.6 Å². The first-order chi connectivity index (χ1) is 13.6. The summed E-state index contributed by atoms with van der Waals surface area (Å²) in [6, 6.07) is 14.5. The summed E-state index contributed by atoms with van der Waals surface area (Å²) in [5, 5.41) is 14.3. The van der Waals surface area contributed by atoms with Gasteiger partial charge in [0, 0.05) is 17.7 Å². The van der Waals surface area contributed by atoms with Crippen LogP contribution in [-0.4, -0.2) is 16.1 Å². The number of hydrogen-bond acceptors (Lipinski definition) is 6. The van der Waals surface area contributed by atoms with Crippen LogP contribution in [0.15, 0.2) is 70.9 Å². The normalized spacial score (nSPS) is 10.7. The van der Waals surface area contributed by atoms with Crippen LogP contribution in [0.25, 0.3) is 21.7 Å². The van der Waals surface area contributed by atoms with E-state index < -0.39 is 5.97 Å². The van der Waals surface area contributed by atoms with E-state index in [9.17, 15) is 4.79 Å². The number of benzene rings is 1. The van der Waals surface area contributed by atoms with E-state index in [2.05, 4.69) is 5.32 Å². The highest BCUT2D eigenvalue weighted by Gasteiger charge is 2.14. The average Bonchev–Trinajstić information content (AvgIpc) is 3.41. The fourth-order valence-electron chi connectivity index (χ4n) is 2.85. The van der Waals surface area contributed by atoms with Gasteiger partial charge in [0.05, 0.1) is 34.3 Å². The van der Waals surface area contributed by atoms with E-state index in [1.54, 1.807) is 48.1 Å². The number of pyridine rings is 1. The Morgan fingerprint density at radius 2 is 2.04 bits per heavy atom. The largest absolute Gasteiger partial charge is 0.478 e. The maximum atomic E-state index is 11.0. The van der Waals surface area contributed by atoms with Gasteiger partial charge in [-0.3, -0.25) is 0 Å². The molecular formula is C21H17N3O3S. The standard InChI is InChI=1S/C21H17N3O3S/c22-19-16(15-7-8-27-12-15)10-17(18-2-1-9-28-18)24-20(19)23-11-13-3-5-14(6-4-13)21(25)26/h1-10,12H,11,22H2,(H,23,24)(H,25,26). The summed E-state index contributed by atoms with van der Waals surface area (Å²) in [6.07, 6.45) is 3.26. The molecular weight excluding hydrogens is 374 g/mol. The van der Waals surface area contributed by atoms with Crippen LogP contribution in [0.5, 0.6) is 0 Å². The fraction of sp³-hybridized carbons (Fsp3) is 0.0476. The van der Waals surface area contributed by atoms with Crippen molar-refractivity contribution in [3.8, 4) is 21.7 Å². The van der Waals surface area contributed by atoms with Gasteiger partial charge in [-0.15, -0.1) is 11.3 Å². The summed E-state index contributed by atoms with van der Waals surface area (Å²) in [4.78, 5) is 16.7. The van der Waals surface area contributed by atoms with Crippen LogP contribution < -0.4 is 11.1 Å². The van der Waals surface area contributed by atoms with E-state index in [-0.39, 0.29) is 5.56 Å². The lowest BCUT2D eigenvalue weighted by atomic mass is 10.1. The fourth-order valence-corrected chi connectivity index (χ4v) is 3.53. The number of nitrogens with zero attached hydrogens (tertiary/aromatic N) is 1. The summed E-state index contributed by atoms with van der Waals surface area (Å²) in [7, 11) is 0. The zero-order valence-electron chi connectivity index (χ0n) is 14.8. The van der Waals surface area contributed by atoms with Crippen LogP contribution in [0, 0.1) is 0 Å². The number of rotatable bonds is 6. The molecule has 0 saturated heterocycles. The topological polar surface area (TPSA) is 101 Å². The van der Waals surface area contributed by atoms with Crippen molar-refractivity contribution < 1.29 is 14.3 Å². The van der Waals surface area contributed by atoms with Gasteiger partial charge in [-0.05, 0) is 41.3 Å². The predicted molar refractivity (Wildman–Crippen MR) is 110 cm³/mol. The summed E-state index contributed by atoms with van der Waals surface area (Å²) < 4.78 is 5.21. The van der Waals surface area contributed by atoms with Crippen LogP contribution in [-0.2, 0) is 6.54 Å². The minimum absolute atomic E-state index is 0.253. The molecule has 0 fully saturated rings. The first-order valence-corrected chi connectivity index (χ1v) is 9.43. The lowest BCUT2D eigenvalue weighted by molar-refractivity contribution is 0.0697. The number of carboxylic acids is 1. The molecule has 7 heteroatoms. The lowest BCUT2D eigenvalue weighted by Crippen LogP contribution is -2.07. The summed E-state index contributed by atoms with van der Waals surface area (Å²) in [5.41, 5.74) is 10.6. The maximum absolute atomic E-state index is 11.0. The van der Waals surface area contributed by atoms with Crippen molar-refractivity contribution in [2.24, 2.45) is 0 Å². The Balaban J connectivity index is 1.66. The molecule has 0 amide bonds. The van der Waals surface area contributed by atoms with E-state index in [0.717, 1.165) is 27.3 Å². The Morgan fingerprint density at radius 1 is 1.21 bits per heavy atom. The Labute approximate surface area is 165 Å². The lowest BCUT2D eigenvalue weighted by Gasteiger charge is -2.14. The molecule has 0 bridgehead atoms. The molecule has 0 aliphatic carbocycles. The van der Waals surface area contributed by atoms with Crippen molar-refractivity contribution >= 4 is 28.8 Å². The van der Waals surface area contributed by atoms with Crippen molar-refractivity contribution in [1.82, 2.24) is 4.98 Å². The molecule has 1 aromatic carbocycles. The van der Waals surface area contributed by atoms with Gasteiger partial charge >= 0.3 is 5.97 Å². The second-order valence-electron chi connectivity index (χ2n) is 6.16. The number of carboxylic acid groups (broad SMARTS) is 1. The number of nitrogens with two attached hydrogens (primary N) is 1. The number of carbonyl (C=O) groups is 1. The van der Waals surface area contributed by atoms with Crippen LogP contribution in [0.3, 0.4) is 0 Å². The number of anilines is 2. The van der Waals surface area contributed by atoms with Crippen LogP contribution >= 0.6 is 11.3 Å². The summed E-state index contributed by atoms with van der Waals surface area (Å²) in [6.45, 7) is 0.468. The molecule has 4 aromatic rings. The van der Waals surface area contributed by atoms with Crippen molar-refractivity contribution in [3.63, 3.8) is 0 Å². The molecule has 4 N–H and O–H groups in total. The Bertz CT molecular complexity index is 1090. The highest BCUT2D eigenvalue weighted by atomic mass is 32.1. The molecule has 28 heavy (non-hydrogen) atoms. The van der Waals surface area contributed by atoms with E-state index in [1.165, 1.54) is 0 Å². The number of furan rings is 1. The molecule has 0 radical (unpaired) electrons. The number of hydrogen-bond donors (Lipinski definition) is 3. The van der Waals surface area contributed by atoms with E-state index >= 15 is 0 Å². The Hall–Kier alpha value is -3.58. The number of aromatic carboxylic acids is 1. The molecule has 0 saturated carbocycles. The van der Waals surface area contributed by atoms with E-state index in [0.29, 0.717) is 18.1 Å². The highest BCUT2D eigenvalue weighted by Crippen LogP contribution is 2.36. The minimum atomic E-state index is -0.946. The van der Waals surface area contributed by atoms with Crippen molar-refractivity contribution in [3.05, 3.63) is 77.6 Å². The Morgan fingerprint density at radius 3 is 2.68 bits per heavy atom. The maximum Gasteiger partial charge on any atom is 0.335 e. The monoisotopic (exact) mass is 391 g/mol. The number of aromatic nitrogens is 1. The van der Waals surface area contributed by atoms with Gasteiger partial charge in [-0.1, -0.05) is 18.2 Å². The summed E-state index contributed by atoms with van der Waals surface area (Å²) >= 11 is 1.61. The van der Waals surface area contributed by atoms with E-state index in [4.69, 9.17) is 20.2 Å². The predicted octanol–water partition coefficient (Wildman–Crippen LogP) is 4.96. The van der Waals surface area contributed by atoms with Crippen molar-refractivity contribution in [1.29, 1.82) is 0 Å². The second-order valence-corrected chi connectivity index (χ2v) is 7.11. The molecule has 0 aliphatic rings. The molecule has 0 spiro atoms. The summed E-state index contributed by atoms with van der Waals surface area (Å²) in [5.74, 6) is -0.372. The van der Waals surface area contributed by atoms with E-state index in [1.807, 2.05) is 29.6 Å². The van der Waals surface area contributed by atoms with Crippen molar-refractivity contribution in [2.45, 2.75) is 6.54 Å². The van der Waals surface area contributed by atoms with Gasteiger partial charge in [-0.2, -0.15) is 0 Å². The van der Waals surface area contributed by atoms with Gasteiger partial charge in [0.25, 0.3) is 0 Å². The molecule has 0 atom stereocenters. The third-order valence-electron chi connectivity index (χ3n) is 4.33. The molecule has 3 aromatic heterocycles. The Kier molecular flexibility index (Phi) is 4.82. The second kappa shape index (κ2) is 7.58. The molecule has 3 heterocycles. The van der Waals surface area contributed by atoms with Gasteiger partial charge in [0.15, 0.2) is 5.82 Å². The number of nitrogens with one attached hydrogen (secondary N) is 1. The van der Waals surface area contributed by atoms with Gasteiger partial charge in [0.2, 0.25) is 0 Å². The molecule has 0 aliphatic heterocycles. The highest BCUT2D eigenvalue weighted by molar-refractivity contribution is 7.13. The zero-order valence-corrected chi connectivity index (χ0v) is 15.6. The smallest absolute Gasteiger partial charge is 0.335 e. The van der Waals surface area contributed by atoms with Crippen LogP contribution in [0.2, 0.25) is 0 Å². The number of nitrogen functional groups attached to an aromatic ring is 1. The average molecular weight is 391 g/mol. The molecule has 6 nitrogen and oxygen atoms in total. The number of thiophene rings is 1. The third kappa shape index (κ3) is 3.60.